The van der Waals surface area contributed by atoms with Crippen LogP contribution < -0.4 is 5.73 Å². The van der Waals surface area contributed by atoms with E-state index in [1.165, 1.54) is 38.8 Å². The first-order valence-electron chi connectivity index (χ1n) is 5.72. The minimum Gasteiger partial charge on any atom is -0.323 e. The molecule has 0 aromatic heterocycles. The van der Waals surface area contributed by atoms with Gasteiger partial charge >= 0.3 is 0 Å². The maximum absolute atomic E-state index is 6.07. The fourth-order valence-corrected chi connectivity index (χ4v) is 2.15. The van der Waals surface area contributed by atoms with Crippen LogP contribution in [0, 0.1) is 0 Å². The van der Waals surface area contributed by atoms with Crippen molar-refractivity contribution in [1.29, 1.82) is 0 Å². The SMILES string of the molecule is C=CC(N)C(C)(C)N1CCCCCC1. The molecule has 1 rings (SSSR count). The molecule has 0 aromatic carbocycles. The number of likely N-dealkylation sites (tertiary alicyclic amines) is 1. The average molecular weight is 196 g/mol. The molecule has 0 radical (unpaired) electrons. The van der Waals surface area contributed by atoms with Crippen LogP contribution in [-0.2, 0) is 0 Å². The Labute approximate surface area is 88.2 Å². The molecule has 1 aliphatic rings. The summed E-state index contributed by atoms with van der Waals surface area (Å²) in [6, 6.07) is 0.0700. The Morgan fingerprint density at radius 2 is 1.71 bits per heavy atom. The van der Waals surface area contributed by atoms with Gasteiger partial charge in [0.25, 0.3) is 0 Å². The lowest BCUT2D eigenvalue weighted by Gasteiger charge is -2.41. The molecule has 14 heavy (non-hydrogen) atoms. The van der Waals surface area contributed by atoms with Gasteiger partial charge in [0.15, 0.2) is 0 Å². The van der Waals surface area contributed by atoms with E-state index < -0.39 is 0 Å². The van der Waals surface area contributed by atoms with E-state index in [4.69, 9.17) is 5.73 Å². The van der Waals surface area contributed by atoms with E-state index in [9.17, 15) is 0 Å². The molecule has 1 atom stereocenters. The zero-order valence-electron chi connectivity index (χ0n) is 9.63. The van der Waals surface area contributed by atoms with Gasteiger partial charge in [0, 0.05) is 11.6 Å². The second-order valence-electron chi connectivity index (χ2n) is 4.82. The number of hydrogen-bond acceptors (Lipinski definition) is 2. The minimum atomic E-state index is 0.0616. The van der Waals surface area contributed by atoms with Crippen LogP contribution >= 0.6 is 0 Å². The van der Waals surface area contributed by atoms with Gasteiger partial charge in [-0.25, -0.2) is 0 Å². The molecule has 2 heteroatoms. The lowest BCUT2D eigenvalue weighted by molar-refractivity contribution is 0.112. The van der Waals surface area contributed by atoms with Crippen molar-refractivity contribution in [2.24, 2.45) is 5.73 Å². The normalized spacial score (nSPS) is 22.8. The van der Waals surface area contributed by atoms with Gasteiger partial charge in [0.1, 0.15) is 0 Å². The third-order valence-corrected chi connectivity index (χ3v) is 3.49. The summed E-state index contributed by atoms with van der Waals surface area (Å²) in [6.07, 6.45) is 7.23. The van der Waals surface area contributed by atoms with E-state index >= 15 is 0 Å². The molecule has 2 nitrogen and oxygen atoms in total. The monoisotopic (exact) mass is 196 g/mol. The first-order valence-corrected chi connectivity index (χ1v) is 5.72. The summed E-state index contributed by atoms with van der Waals surface area (Å²) in [4.78, 5) is 2.52. The van der Waals surface area contributed by atoms with Gasteiger partial charge < -0.3 is 5.73 Å². The third kappa shape index (κ3) is 2.58. The van der Waals surface area contributed by atoms with E-state index in [-0.39, 0.29) is 11.6 Å². The lowest BCUT2D eigenvalue weighted by atomic mass is 9.92. The third-order valence-electron chi connectivity index (χ3n) is 3.49. The van der Waals surface area contributed by atoms with E-state index in [0.29, 0.717) is 0 Å². The molecule has 1 heterocycles. The van der Waals surface area contributed by atoms with E-state index in [0.717, 1.165) is 0 Å². The number of hydrogen-bond donors (Lipinski definition) is 1. The average Bonchev–Trinajstić information content (AvgIpc) is 2.44. The summed E-state index contributed by atoms with van der Waals surface area (Å²) in [7, 11) is 0. The summed E-state index contributed by atoms with van der Waals surface area (Å²) >= 11 is 0. The first-order chi connectivity index (χ1) is 6.59. The van der Waals surface area contributed by atoms with E-state index in [1.54, 1.807) is 0 Å². The molecule has 1 saturated heterocycles. The Hall–Kier alpha value is -0.340. The van der Waals surface area contributed by atoms with Crippen LogP contribution in [0.15, 0.2) is 12.7 Å². The van der Waals surface area contributed by atoms with Crippen molar-refractivity contribution < 1.29 is 0 Å². The van der Waals surface area contributed by atoms with Crippen LogP contribution in [0.4, 0.5) is 0 Å². The van der Waals surface area contributed by atoms with Crippen molar-refractivity contribution in [3.63, 3.8) is 0 Å². The first kappa shape index (κ1) is 11.7. The van der Waals surface area contributed by atoms with Gasteiger partial charge in [-0.3, -0.25) is 4.90 Å². The zero-order valence-corrected chi connectivity index (χ0v) is 9.63. The molecule has 0 saturated carbocycles. The van der Waals surface area contributed by atoms with Crippen LogP contribution in [-0.4, -0.2) is 29.6 Å². The molecule has 0 bridgehead atoms. The number of rotatable bonds is 3. The van der Waals surface area contributed by atoms with Crippen LogP contribution in [0.25, 0.3) is 0 Å². The molecule has 1 fully saturated rings. The van der Waals surface area contributed by atoms with Gasteiger partial charge in [0.2, 0.25) is 0 Å². The minimum absolute atomic E-state index is 0.0616. The Balaban J connectivity index is 2.63. The lowest BCUT2D eigenvalue weighted by Crippen LogP contribution is -2.55. The van der Waals surface area contributed by atoms with Crippen molar-refractivity contribution >= 4 is 0 Å². The molecule has 2 N–H and O–H groups in total. The van der Waals surface area contributed by atoms with Crippen LogP contribution in [0.1, 0.15) is 39.5 Å². The number of nitrogens with zero attached hydrogens (tertiary/aromatic N) is 1. The summed E-state index contributed by atoms with van der Waals surface area (Å²) in [6.45, 7) is 10.6. The maximum atomic E-state index is 6.07. The van der Waals surface area contributed by atoms with Crippen molar-refractivity contribution in [2.45, 2.75) is 51.1 Å². The standard InChI is InChI=1S/C12H24N2/c1-4-11(13)12(2,3)14-9-7-5-6-8-10-14/h4,11H,1,5-10,13H2,2-3H3. The van der Waals surface area contributed by atoms with Crippen molar-refractivity contribution in [1.82, 2.24) is 4.90 Å². The van der Waals surface area contributed by atoms with Crippen molar-refractivity contribution in [2.75, 3.05) is 13.1 Å². The Morgan fingerprint density at radius 3 is 2.14 bits per heavy atom. The summed E-state index contributed by atoms with van der Waals surface area (Å²) < 4.78 is 0. The predicted molar refractivity (Wildman–Crippen MR) is 62.3 cm³/mol. The Bertz CT molecular complexity index is 179. The molecule has 0 aliphatic carbocycles. The smallest absolute Gasteiger partial charge is 0.0403 e. The molecular formula is C12H24N2. The fourth-order valence-electron chi connectivity index (χ4n) is 2.15. The molecule has 0 aromatic rings. The highest BCUT2D eigenvalue weighted by molar-refractivity contribution is 5.01. The van der Waals surface area contributed by atoms with Gasteiger partial charge in [0.05, 0.1) is 0 Å². The van der Waals surface area contributed by atoms with Gasteiger partial charge in [-0.1, -0.05) is 18.9 Å². The second-order valence-corrected chi connectivity index (χ2v) is 4.82. The Morgan fingerprint density at radius 1 is 1.21 bits per heavy atom. The molecule has 0 spiro atoms. The Kier molecular flexibility index (Phi) is 4.14. The summed E-state index contributed by atoms with van der Waals surface area (Å²) in [5.41, 5.74) is 6.13. The van der Waals surface area contributed by atoms with Crippen molar-refractivity contribution in [3.05, 3.63) is 12.7 Å². The zero-order chi connectivity index (χ0) is 10.6. The molecular weight excluding hydrogens is 172 g/mol. The predicted octanol–water partition coefficient (Wildman–Crippen LogP) is 2.15. The van der Waals surface area contributed by atoms with Gasteiger partial charge in [-0.05, 0) is 39.8 Å². The van der Waals surface area contributed by atoms with Crippen LogP contribution in [0.2, 0.25) is 0 Å². The van der Waals surface area contributed by atoms with Gasteiger partial charge in [-0.2, -0.15) is 0 Å². The van der Waals surface area contributed by atoms with Crippen LogP contribution in [0.3, 0.4) is 0 Å². The van der Waals surface area contributed by atoms with E-state index in [1.807, 2.05) is 6.08 Å². The van der Waals surface area contributed by atoms with Crippen molar-refractivity contribution in [3.8, 4) is 0 Å². The molecule has 1 unspecified atom stereocenters. The summed E-state index contributed by atoms with van der Waals surface area (Å²) in [5, 5.41) is 0. The topological polar surface area (TPSA) is 29.3 Å². The molecule has 1 aliphatic heterocycles. The molecule has 82 valence electrons. The van der Waals surface area contributed by atoms with Gasteiger partial charge in [-0.15, -0.1) is 6.58 Å². The van der Waals surface area contributed by atoms with Crippen LogP contribution in [0.5, 0.6) is 0 Å². The highest BCUT2D eigenvalue weighted by atomic mass is 15.2. The highest BCUT2D eigenvalue weighted by Gasteiger charge is 2.31. The van der Waals surface area contributed by atoms with E-state index in [2.05, 4.69) is 25.3 Å². The quantitative estimate of drug-likeness (QED) is 0.701. The second kappa shape index (κ2) is 4.94. The highest BCUT2D eigenvalue weighted by Crippen LogP contribution is 2.22. The molecule has 0 amide bonds. The fraction of sp³-hybridized carbons (Fsp3) is 0.833. The largest absolute Gasteiger partial charge is 0.323 e. The summed E-state index contributed by atoms with van der Waals surface area (Å²) in [5.74, 6) is 0. The number of nitrogens with two attached hydrogens (primary N) is 1. The maximum Gasteiger partial charge on any atom is 0.0403 e.